The third-order valence-electron chi connectivity index (χ3n) is 8.18. The summed E-state index contributed by atoms with van der Waals surface area (Å²) >= 11 is 0. The maximum absolute atomic E-state index is 14.8. The number of hydrogen-bond donors (Lipinski definition) is 3. The summed E-state index contributed by atoms with van der Waals surface area (Å²) in [6.07, 6.45) is -8.98. The molecule has 250 valence electrons. The molecule has 2 fully saturated rings. The van der Waals surface area contributed by atoms with Gasteiger partial charge in [-0.2, -0.15) is 31.4 Å². The first-order valence-electron chi connectivity index (χ1n) is 13.9. The number of anilines is 1. The number of nitrogen functional groups attached to an aromatic ring is 1. The van der Waals surface area contributed by atoms with Crippen molar-refractivity contribution in [3.63, 3.8) is 0 Å². The van der Waals surface area contributed by atoms with Crippen LogP contribution in [0.15, 0.2) is 24.7 Å². The van der Waals surface area contributed by atoms with Crippen LogP contribution in [0.4, 0.5) is 36.6 Å². The third-order valence-corrected chi connectivity index (χ3v) is 8.18. The zero-order valence-corrected chi connectivity index (χ0v) is 24.4. The second-order valence-electron chi connectivity index (χ2n) is 11.3. The van der Waals surface area contributed by atoms with Crippen LogP contribution in [0.3, 0.4) is 0 Å². The Bertz CT molecular complexity index is 1640. The van der Waals surface area contributed by atoms with Gasteiger partial charge in [0.2, 0.25) is 11.5 Å². The fourth-order valence-electron chi connectivity index (χ4n) is 5.73. The Hall–Kier alpha value is -4.26. The van der Waals surface area contributed by atoms with Crippen LogP contribution in [0.25, 0.3) is 16.8 Å². The van der Waals surface area contributed by atoms with Crippen molar-refractivity contribution in [3.8, 4) is 17.1 Å². The Morgan fingerprint density at radius 1 is 1.15 bits per heavy atom. The Kier molecular flexibility index (Phi) is 8.52. The van der Waals surface area contributed by atoms with Crippen molar-refractivity contribution in [2.24, 2.45) is 0 Å². The lowest BCUT2D eigenvalue weighted by atomic mass is 10.1. The van der Waals surface area contributed by atoms with E-state index in [-0.39, 0.29) is 60.5 Å². The minimum Gasteiger partial charge on any atom is -0.480 e. The van der Waals surface area contributed by atoms with Gasteiger partial charge in [-0.25, -0.2) is 18.9 Å². The molecule has 4 atom stereocenters. The van der Waals surface area contributed by atoms with Gasteiger partial charge in [-0.3, -0.25) is 14.5 Å². The van der Waals surface area contributed by atoms with Crippen molar-refractivity contribution < 1.29 is 50.2 Å². The van der Waals surface area contributed by atoms with Crippen LogP contribution in [0.1, 0.15) is 35.7 Å². The van der Waals surface area contributed by atoms with E-state index in [0.717, 1.165) is 6.33 Å². The van der Waals surface area contributed by atoms with Crippen molar-refractivity contribution in [3.05, 3.63) is 35.8 Å². The summed E-state index contributed by atoms with van der Waals surface area (Å²) in [7, 11) is 1.21. The molecular formula is C27H29F7N8O4. The summed E-state index contributed by atoms with van der Waals surface area (Å²) in [4.78, 5) is 35.5. The van der Waals surface area contributed by atoms with Crippen LogP contribution in [0.2, 0.25) is 0 Å². The zero-order chi connectivity index (χ0) is 33.8. The largest absolute Gasteiger partial charge is 0.480 e. The van der Waals surface area contributed by atoms with Gasteiger partial charge < -0.3 is 25.8 Å². The highest BCUT2D eigenvalue weighted by Crippen LogP contribution is 2.37. The molecule has 2 saturated heterocycles. The Balaban J connectivity index is 1.43. The van der Waals surface area contributed by atoms with Crippen molar-refractivity contribution in [2.75, 3.05) is 32.5 Å². The number of pyridine rings is 1. The highest BCUT2D eigenvalue weighted by molar-refractivity contribution is 5.98. The number of halogens is 7. The number of amides is 2. The highest BCUT2D eigenvalue weighted by Gasteiger charge is 2.58. The lowest BCUT2D eigenvalue weighted by Gasteiger charge is -2.29. The molecule has 46 heavy (non-hydrogen) atoms. The molecule has 5 heterocycles. The molecule has 19 heteroatoms. The van der Waals surface area contributed by atoms with Crippen LogP contribution >= 0.6 is 0 Å². The van der Waals surface area contributed by atoms with E-state index in [1.807, 2.05) is 0 Å². The number of nitrogens with one attached hydrogen (secondary N) is 1. The molecule has 4 N–H and O–H groups in total. The fraction of sp³-hybridized carbons (Fsp3) is 0.519. The molecule has 2 aliphatic heterocycles. The smallest absolute Gasteiger partial charge is 0.426 e. The Labute approximate surface area is 256 Å². The molecule has 3 aromatic heterocycles. The number of alkyl halides is 7. The fourth-order valence-corrected chi connectivity index (χ4v) is 5.73. The van der Waals surface area contributed by atoms with Crippen molar-refractivity contribution in [1.82, 2.24) is 34.7 Å². The van der Waals surface area contributed by atoms with Gasteiger partial charge in [0.05, 0.1) is 25.4 Å². The lowest BCUT2D eigenvalue weighted by molar-refractivity contribution is -0.249. The standard InChI is InChI=1S/C27H29F7N8O4/c1-25(45,27(32,33)34)24(44)41-10-16(28)17(11-41)39-22(43)15-6-13(8-36-23(15)46-2)18-7-14(20-21(35)37-12-38-42(18)20)9-40-5-3-4-19(40)26(29,30)31/h6-8,12,16-17,19,45H,3-5,9-11H2,1-2H3,(H,39,43)(H2,35,37,38)/t16-,17+,19-,25?/m0/s1. The number of rotatable bonds is 7. The molecule has 0 saturated carbocycles. The molecule has 0 spiro atoms. The van der Waals surface area contributed by atoms with Gasteiger partial charge in [-0.1, -0.05) is 0 Å². The minimum absolute atomic E-state index is 0.00253. The number of methoxy groups -OCH3 is 1. The predicted molar refractivity (Wildman–Crippen MR) is 146 cm³/mol. The molecule has 2 amide bonds. The molecular weight excluding hydrogens is 633 g/mol. The van der Waals surface area contributed by atoms with Crippen LogP contribution in [0.5, 0.6) is 5.88 Å². The molecule has 0 radical (unpaired) electrons. The number of nitrogens with zero attached hydrogens (tertiary/aromatic N) is 6. The first-order valence-corrected chi connectivity index (χ1v) is 13.9. The number of aromatic nitrogens is 4. The molecule has 0 bridgehead atoms. The van der Waals surface area contributed by atoms with Crippen LogP contribution in [0, 0.1) is 0 Å². The molecule has 1 unspecified atom stereocenters. The summed E-state index contributed by atoms with van der Waals surface area (Å²) < 4.78 is 102. The number of ether oxygens (including phenoxy) is 1. The minimum atomic E-state index is -5.32. The second-order valence-corrected chi connectivity index (χ2v) is 11.3. The van der Waals surface area contributed by atoms with E-state index in [1.165, 1.54) is 28.8 Å². The Morgan fingerprint density at radius 3 is 2.52 bits per heavy atom. The third kappa shape index (κ3) is 6.00. The maximum atomic E-state index is 14.8. The normalized spacial score (nSPS) is 22.3. The number of nitrogens with two attached hydrogens (primary N) is 1. The molecule has 3 aromatic rings. The summed E-state index contributed by atoms with van der Waals surface area (Å²) in [6.45, 7) is -1.14. The van der Waals surface area contributed by atoms with Gasteiger partial charge >= 0.3 is 12.4 Å². The van der Waals surface area contributed by atoms with Gasteiger partial charge in [0.15, 0.2) is 5.82 Å². The molecule has 12 nitrogen and oxygen atoms in total. The predicted octanol–water partition coefficient (Wildman–Crippen LogP) is 2.50. The summed E-state index contributed by atoms with van der Waals surface area (Å²) in [5, 5.41) is 16.2. The average Bonchev–Trinajstić information content (AvgIpc) is 3.70. The average molecular weight is 663 g/mol. The maximum Gasteiger partial charge on any atom is 0.426 e. The SMILES string of the molecule is COc1ncc(-c2cc(CN3CCC[C@H]3C(F)(F)F)c3c(N)ncnn23)cc1C(=O)N[C@@H]1CN(C(=O)C(C)(O)C(F)(F)F)C[C@@H]1F. The van der Waals surface area contributed by atoms with Gasteiger partial charge in [-0.15, -0.1) is 0 Å². The van der Waals surface area contributed by atoms with Gasteiger partial charge in [0.1, 0.15) is 29.6 Å². The van der Waals surface area contributed by atoms with E-state index in [0.29, 0.717) is 16.9 Å². The highest BCUT2D eigenvalue weighted by atomic mass is 19.4. The van der Waals surface area contributed by atoms with Crippen LogP contribution in [-0.4, -0.2) is 109 Å². The lowest BCUT2D eigenvalue weighted by Crippen LogP contribution is -2.56. The van der Waals surface area contributed by atoms with Crippen LogP contribution in [-0.2, 0) is 11.3 Å². The van der Waals surface area contributed by atoms with Gasteiger partial charge in [-0.05, 0) is 44.0 Å². The second kappa shape index (κ2) is 11.8. The number of fused-ring (bicyclic) bond motifs is 1. The van der Waals surface area contributed by atoms with E-state index < -0.39 is 61.1 Å². The van der Waals surface area contributed by atoms with Crippen molar-refractivity contribution in [1.29, 1.82) is 0 Å². The van der Waals surface area contributed by atoms with E-state index in [2.05, 4.69) is 20.4 Å². The summed E-state index contributed by atoms with van der Waals surface area (Å²) in [5.41, 5.74) is 3.26. The van der Waals surface area contributed by atoms with Crippen molar-refractivity contribution >= 4 is 23.1 Å². The first-order chi connectivity index (χ1) is 21.4. The Morgan fingerprint density at radius 2 is 1.87 bits per heavy atom. The van der Waals surface area contributed by atoms with E-state index in [4.69, 9.17) is 10.5 Å². The van der Waals surface area contributed by atoms with Crippen molar-refractivity contribution in [2.45, 2.75) is 62.5 Å². The molecule has 0 aromatic carbocycles. The summed E-state index contributed by atoms with van der Waals surface area (Å²) in [5.74, 6) is -2.93. The number of carbonyl (C=O) groups is 2. The molecule has 0 aliphatic carbocycles. The van der Waals surface area contributed by atoms with E-state index >= 15 is 0 Å². The monoisotopic (exact) mass is 662 g/mol. The zero-order valence-electron chi connectivity index (χ0n) is 24.4. The number of hydrogen-bond acceptors (Lipinski definition) is 9. The summed E-state index contributed by atoms with van der Waals surface area (Å²) in [6, 6.07) is -0.236. The molecule has 2 aliphatic rings. The number of likely N-dealkylation sites (tertiary alicyclic amines) is 2. The molecule has 5 rings (SSSR count). The topological polar surface area (TPSA) is 151 Å². The van der Waals surface area contributed by atoms with Gasteiger partial charge in [0, 0.05) is 24.8 Å². The van der Waals surface area contributed by atoms with E-state index in [1.54, 1.807) is 6.07 Å². The quantitative estimate of drug-likeness (QED) is 0.324. The first kappa shape index (κ1) is 33.1. The number of aliphatic hydroxyl groups is 1. The van der Waals surface area contributed by atoms with Gasteiger partial charge in [0.25, 0.3) is 11.8 Å². The van der Waals surface area contributed by atoms with Crippen LogP contribution < -0.4 is 15.8 Å². The number of carbonyl (C=O) groups excluding carboxylic acids is 2. The van der Waals surface area contributed by atoms with E-state index in [9.17, 15) is 45.4 Å².